The molecule has 0 aliphatic rings. The van der Waals surface area contributed by atoms with Gasteiger partial charge in [0.15, 0.2) is 0 Å². The van der Waals surface area contributed by atoms with Gasteiger partial charge in [0, 0.05) is 23.6 Å². The predicted octanol–water partition coefficient (Wildman–Crippen LogP) is 2.25. The van der Waals surface area contributed by atoms with Gasteiger partial charge in [0.05, 0.1) is 0 Å². The lowest BCUT2D eigenvalue weighted by Gasteiger charge is -2.16. The van der Waals surface area contributed by atoms with Crippen molar-refractivity contribution in [2.75, 3.05) is 11.1 Å². The number of pyridine rings is 1. The first-order valence-corrected chi connectivity index (χ1v) is 6.74. The Morgan fingerprint density at radius 3 is 2.67 bits per heavy atom. The van der Waals surface area contributed by atoms with Crippen LogP contribution in [-0.4, -0.2) is 10.5 Å². The van der Waals surface area contributed by atoms with Gasteiger partial charge in [-0.15, -0.1) is 0 Å². The third kappa shape index (κ3) is 3.31. The average Bonchev–Trinajstić information content (AvgIpc) is 2.44. The minimum Gasteiger partial charge on any atom is -0.398 e. The molecule has 21 heavy (non-hydrogen) atoms. The highest BCUT2D eigenvalue weighted by molar-refractivity contribution is 5.94. The minimum atomic E-state index is -0.638. The second kappa shape index (κ2) is 5.83. The Bertz CT molecular complexity index is 735. The molecule has 0 saturated carbocycles. The summed E-state index contributed by atoms with van der Waals surface area (Å²) in [6.07, 6.45) is 1.48. The smallest absolute Gasteiger partial charge is 0.251 e. The van der Waals surface area contributed by atoms with E-state index in [0.29, 0.717) is 5.69 Å². The molecule has 5 nitrogen and oxygen atoms in total. The Morgan fingerprint density at radius 1 is 1.24 bits per heavy atom. The van der Waals surface area contributed by atoms with Gasteiger partial charge in [-0.2, -0.15) is 0 Å². The van der Waals surface area contributed by atoms with E-state index < -0.39 is 6.04 Å². The van der Waals surface area contributed by atoms with Crippen LogP contribution in [0.15, 0.2) is 41.3 Å². The van der Waals surface area contributed by atoms with Crippen molar-refractivity contribution in [3.05, 3.63) is 58.0 Å². The lowest BCUT2D eigenvalue weighted by molar-refractivity contribution is -0.118. The molecule has 1 atom stereocenters. The maximum absolute atomic E-state index is 12.3. The van der Waals surface area contributed by atoms with Crippen LogP contribution in [0.3, 0.4) is 0 Å². The molecule has 1 unspecified atom stereocenters. The third-order valence-corrected chi connectivity index (χ3v) is 3.41. The van der Waals surface area contributed by atoms with Crippen LogP contribution in [0.5, 0.6) is 0 Å². The summed E-state index contributed by atoms with van der Waals surface area (Å²) in [6.45, 7) is 5.55. The van der Waals surface area contributed by atoms with Crippen molar-refractivity contribution in [1.82, 2.24) is 4.57 Å². The standard InChI is InChI=1S/C16H19N3O2/c1-10-4-5-11(2)14(8-10)18-16(21)12(3)19-9-13(17)6-7-15(19)20/h4-9,12H,17H2,1-3H3,(H,18,21). The minimum absolute atomic E-state index is 0.253. The first-order chi connectivity index (χ1) is 9.88. The van der Waals surface area contributed by atoms with Gasteiger partial charge in [-0.3, -0.25) is 9.59 Å². The summed E-state index contributed by atoms with van der Waals surface area (Å²) in [5.74, 6) is -0.253. The Labute approximate surface area is 123 Å². The van der Waals surface area contributed by atoms with Crippen LogP contribution in [0.4, 0.5) is 11.4 Å². The molecule has 1 heterocycles. The first-order valence-electron chi connectivity index (χ1n) is 6.74. The molecule has 0 bridgehead atoms. The van der Waals surface area contributed by atoms with Gasteiger partial charge in [0.25, 0.3) is 5.56 Å². The van der Waals surface area contributed by atoms with Gasteiger partial charge in [-0.1, -0.05) is 12.1 Å². The molecule has 0 spiro atoms. The zero-order valence-corrected chi connectivity index (χ0v) is 12.4. The number of carbonyl (C=O) groups excluding carboxylic acids is 1. The molecule has 110 valence electrons. The quantitative estimate of drug-likeness (QED) is 0.908. The number of hydrogen-bond acceptors (Lipinski definition) is 3. The van der Waals surface area contributed by atoms with Crippen molar-refractivity contribution in [2.24, 2.45) is 0 Å². The molecule has 0 fully saturated rings. The van der Waals surface area contributed by atoms with E-state index in [-0.39, 0.29) is 11.5 Å². The number of amides is 1. The number of aryl methyl sites for hydroxylation is 2. The van der Waals surface area contributed by atoms with Crippen LogP contribution in [0.25, 0.3) is 0 Å². The molecule has 0 aliphatic carbocycles. The fourth-order valence-electron chi connectivity index (χ4n) is 2.06. The molecular weight excluding hydrogens is 266 g/mol. The van der Waals surface area contributed by atoms with Crippen molar-refractivity contribution in [1.29, 1.82) is 0 Å². The number of nitrogens with one attached hydrogen (secondary N) is 1. The van der Waals surface area contributed by atoms with E-state index in [1.54, 1.807) is 6.92 Å². The van der Waals surface area contributed by atoms with E-state index in [1.165, 1.54) is 22.9 Å². The van der Waals surface area contributed by atoms with Crippen molar-refractivity contribution >= 4 is 17.3 Å². The number of nitrogen functional groups attached to an aromatic ring is 1. The fourth-order valence-corrected chi connectivity index (χ4v) is 2.06. The number of hydrogen-bond donors (Lipinski definition) is 2. The number of nitrogens with zero attached hydrogens (tertiary/aromatic N) is 1. The Hall–Kier alpha value is -2.56. The topological polar surface area (TPSA) is 77.1 Å². The lowest BCUT2D eigenvalue weighted by Crippen LogP contribution is -2.31. The zero-order chi connectivity index (χ0) is 15.6. The average molecular weight is 285 g/mol. The van der Waals surface area contributed by atoms with E-state index >= 15 is 0 Å². The molecule has 2 aromatic rings. The highest BCUT2D eigenvalue weighted by atomic mass is 16.2. The summed E-state index contributed by atoms with van der Waals surface area (Å²) >= 11 is 0. The SMILES string of the molecule is Cc1ccc(C)c(NC(=O)C(C)n2cc(N)ccc2=O)c1. The van der Waals surface area contributed by atoms with E-state index in [4.69, 9.17) is 5.73 Å². The van der Waals surface area contributed by atoms with E-state index in [0.717, 1.165) is 16.8 Å². The lowest BCUT2D eigenvalue weighted by atomic mass is 10.1. The van der Waals surface area contributed by atoms with Crippen molar-refractivity contribution in [3.63, 3.8) is 0 Å². The Morgan fingerprint density at radius 2 is 1.95 bits per heavy atom. The number of carbonyl (C=O) groups is 1. The summed E-state index contributed by atoms with van der Waals surface area (Å²) in [5.41, 5.74) is 8.65. The second-order valence-electron chi connectivity index (χ2n) is 5.19. The number of anilines is 2. The second-order valence-corrected chi connectivity index (χ2v) is 5.19. The number of nitrogens with two attached hydrogens (primary N) is 1. The highest BCUT2D eigenvalue weighted by Gasteiger charge is 2.17. The van der Waals surface area contributed by atoms with E-state index in [1.807, 2.05) is 32.0 Å². The van der Waals surface area contributed by atoms with E-state index in [2.05, 4.69) is 5.32 Å². The van der Waals surface area contributed by atoms with Crippen LogP contribution >= 0.6 is 0 Å². The number of aromatic nitrogens is 1. The summed E-state index contributed by atoms with van der Waals surface area (Å²) < 4.78 is 1.33. The normalized spacial score (nSPS) is 12.0. The monoisotopic (exact) mass is 285 g/mol. The molecule has 1 amide bonds. The van der Waals surface area contributed by atoms with Crippen LogP contribution in [0.2, 0.25) is 0 Å². The highest BCUT2D eigenvalue weighted by Crippen LogP contribution is 2.18. The van der Waals surface area contributed by atoms with Gasteiger partial charge in [-0.25, -0.2) is 0 Å². The van der Waals surface area contributed by atoms with Crippen LogP contribution in [0, 0.1) is 13.8 Å². The van der Waals surface area contributed by atoms with Crippen molar-refractivity contribution in [2.45, 2.75) is 26.8 Å². The summed E-state index contributed by atoms with van der Waals surface area (Å²) in [4.78, 5) is 24.1. The van der Waals surface area contributed by atoms with Crippen molar-refractivity contribution < 1.29 is 4.79 Å². The molecule has 1 aromatic carbocycles. The Balaban J connectivity index is 2.25. The van der Waals surface area contributed by atoms with Crippen LogP contribution in [-0.2, 0) is 4.79 Å². The zero-order valence-electron chi connectivity index (χ0n) is 12.4. The summed E-state index contributed by atoms with van der Waals surface area (Å²) in [5, 5.41) is 2.86. The van der Waals surface area contributed by atoms with Crippen molar-refractivity contribution in [3.8, 4) is 0 Å². The van der Waals surface area contributed by atoms with Gasteiger partial charge in [0.2, 0.25) is 5.91 Å². The summed E-state index contributed by atoms with van der Waals surface area (Å²) in [7, 11) is 0. The molecule has 2 rings (SSSR count). The fraction of sp³-hybridized carbons (Fsp3) is 0.250. The first kappa shape index (κ1) is 14.8. The summed E-state index contributed by atoms with van der Waals surface area (Å²) in [6, 6.07) is 8.08. The van der Waals surface area contributed by atoms with Crippen LogP contribution < -0.4 is 16.6 Å². The molecule has 0 aliphatic heterocycles. The number of rotatable bonds is 3. The van der Waals surface area contributed by atoms with Crippen LogP contribution in [0.1, 0.15) is 24.1 Å². The van der Waals surface area contributed by atoms with E-state index in [9.17, 15) is 9.59 Å². The Kier molecular flexibility index (Phi) is 4.12. The molecular formula is C16H19N3O2. The largest absolute Gasteiger partial charge is 0.398 e. The maximum atomic E-state index is 12.3. The van der Waals surface area contributed by atoms with Gasteiger partial charge >= 0.3 is 0 Å². The molecule has 5 heteroatoms. The van der Waals surface area contributed by atoms with Gasteiger partial charge in [-0.05, 0) is 44.0 Å². The molecule has 0 saturated heterocycles. The van der Waals surface area contributed by atoms with Gasteiger partial charge < -0.3 is 15.6 Å². The van der Waals surface area contributed by atoms with Gasteiger partial charge in [0.1, 0.15) is 6.04 Å². The molecule has 1 aromatic heterocycles. The maximum Gasteiger partial charge on any atom is 0.251 e. The third-order valence-electron chi connectivity index (χ3n) is 3.41. The molecule has 3 N–H and O–H groups in total. The predicted molar refractivity (Wildman–Crippen MR) is 84.4 cm³/mol. The molecule has 0 radical (unpaired) electrons. The number of benzene rings is 1.